The van der Waals surface area contributed by atoms with Crippen LogP contribution in [-0.2, 0) is 6.54 Å². The van der Waals surface area contributed by atoms with E-state index in [0.717, 1.165) is 11.5 Å². The largest absolute Gasteiger partial charge is 0.312 e. The van der Waals surface area contributed by atoms with Gasteiger partial charge in [-0.3, -0.25) is 9.36 Å². The van der Waals surface area contributed by atoms with Crippen LogP contribution in [0.5, 0.6) is 0 Å². The van der Waals surface area contributed by atoms with E-state index in [1.165, 1.54) is 16.7 Å². The Morgan fingerprint density at radius 1 is 1.10 bits per heavy atom. The quantitative estimate of drug-likeness (QED) is 0.938. The standard InChI is InChI=1S/C17H23N3O/c1-11-6-12(2)8-15(7-11)16(18-5)10-20-14(4)19-13(3)9-17(20)21/h6-9,16,18H,10H2,1-5H3. The third-order valence-corrected chi connectivity index (χ3v) is 3.69. The van der Waals surface area contributed by atoms with Gasteiger partial charge in [0, 0.05) is 18.3 Å². The number of nitrogens with zero attached hydrogens (tertiary/aromatic N) is 2. The Hall–Kier alpha value is -1.94. The smallest absolute Gasteiger partial charge is 0.253 e. The predicted octanol–water partition coefficient (Wildman–Crippen LogP) is 2.44. The van der Waals surface area contributed by atoms with E-state index in [1.807, 2.05) is 20.9 Å². The summed E-state index contributed by atoms with van der Waals surface area (Å²) in [5.74, 6) is 0.754. The van der Waals surface area contributed by atoms with Gasteiger partial charge in [0.2, 0.25) is 0 Å². The van der Waals surface area contributed by atoms with E-state index in [2.05, 4.69) is 42.3 Å². The lowest BCUT2D eigenvalue weighted by Crippen LogP contribution is -2.30. The molecule has 4 nitrogen and oxygen atoms in total. The minimum absolute atomic E-state index is 0.00428. The number of hydrogen-bond acceptors (Lipinski definition) is 3. The zero-order valence-electron chi connectivity index (χ0n) is 13.4. The highest BCUT2D eigenvalue weighted by atomic mass is 16.1. The van der Waals surface area contributed by atoms with Crippen LogP contribution in [-0.4, -0.2) is 16.6 Å². The van der Waals surface area contributed by atoms with Crippen molar-refractivity contribution in [2.24, 2.45) is 0 Å². The molecule has 0 aliphatic carbocycles. The summed E-state index contributed by atoms with van der Waals surface area (Å²) in [4.78, 5) is 16.6. The maximum absolute atomic E-state index is 12.2. The number of benzene rings is 1. The Bertz CT molecular complexity index is 683. The number of aryl methyl sites for hydroxylation is 4. The number of hydrogen-bond donors (Lipinski definition) is 1. The topological polar surface area (TPSA) is 46.9 Å². The fourth-order valence-corrected chi connectivity index (χ4v) is 2.74. The molecule has 112 valence electrons. The zero-order chi connectivity index (χ0) is 15.6. The van der Waals surface area contributed by atoms with Crippen LogP contribution in [0.2, 0.25) is 0 Å². The molecule has 0 saturated carbocycles. The van der Waals surface area contributed by atoms with E-state index in [1.54, 1.807) is 10.6 Å². The van der Waals surface area contributed by atoms with Gasteiger partial charge in [0.25, 0.3) is 5.56 Å². The second-order valence-electron chi connectivity index (χ2n) is 5.66. The molecule has 1 N–H and O–H groups in total. The van der Waals surface area contributed by atoms with Gasteiger partial charge < -0.3 is 5.32 Å². The van der Waals surface area contributed by atoms with Crippen molar-refractivity contribution in [3.8, 4) is 0 Å². The molecule has 0 aliphatic heterocycles. The van der Waals surface area contributed by atoms with E-state index >= 15 is 0 Å². The predicted molar refractivity (Wildman–Crippen MR) is 85.7 cm³/mol. The van der Waals surface area contributed by atoms with Gasteiger partial charge in [-0.2, -0.15) is 0 Å². The molecule has 0 bridgehead atoms. The van der Waals surface area contributed by atoms with Crippen molar-refractivity contribution in [2.45, 2.75) is 40.3 Å². The van der Waals surface area contributed by atoms with E-state index in [4.69, 9.17) is 0 Å². The molecule has 1 atom stereocenters. The molecule has 0 amide bonds. The summed E-state index contributed by atoms with van der Waals surface area (Å²) in [5, 5.41) is 3.30. The summed E-state index contributed by atoms with van der Waals surface area (Å²) >= 11 is 0. The minimum Gasteiger partial charge on any atom is -0.312 e. The van der Waals surface area contributed by atoms with Crippen molar-refractivity contribution >= 4 is 0 Å². The summed E-state index contributed by atoms with van der Waals surface area (Å²) in [5.41, 5.74) is 4.43. The first-order valence-corrected chi connectivity index (χ1v) is 7.21. The van der Waals surface area contributed by atoms with E-state index in [9.17, 15) is 4.79 Å². The number of aromatic nitrogens is 2. The van der Waals surface area contributed by atoms with Crippen LogP contribution in [0.4, 0.5) is 0 Å². The van der Waals surface area contributed by atoms with Crippen LogP contribution in [0.3, 0.4) is 0 Å². The van der Waals surface area contributed by atoms with Gasteiger partial charge in [-0.15, -0.1) is 0 Å². The summed E-state index contributed by atoms with van der Waals surface area (Å²) in [6, 6.07) is 8.15. The van der Waals surface area contributed by atoms with E-state index in [-0.39, 0.29) is 11.6 Å². The highest BCUT2D eigenvalue weighted by Crippen LogP contribution is 2.18. The van der Waals surface area contributed by atoms with Crippen LogP contribution >= 0.6 is 0 Å². The lowest BCUT2D eigenvalue weighted by atomic mass is 10.0. The molecule has 0 spiro atoms. The van der Waals surface area contributed by atoms with E-state index in [0.29, 0.717) is 6.54 Å². The summed E-state index contributed by atoms with van der Waals surface area (Å²) in [6.45, 7) is 8.49. The Morgan fingerprint density at radius 2 is 1.71 bits per heavy atom. The second kappa shape index (κ2) is 6.22. The molecule has 2 aromatic rings. The normalized spacial score (nSPS) is 12.4. The van der Waals surface area contributed by atoms with Crippen molar-refractivity contribution in [1.29, 1.82) is 0 Å². The van der Waals surface area contributed by atoms with Crippen molar-refractivity contribution in [3.63, 3.8) is 0 Å². The van der Waals surface area contributed by atoms with Crippen LogP contribution < -0.4 is 10.9 Å². The van der Waals surface area contributed by atoms with Crippen molar-refractivity contribution < 1.29 is 0 Å². The molecular weight excluding hydrogens is 262 g/mol. The number of rotatable bonds is 4. The molecule has 0 saturated heterocycles. The monoisotopic (exact) mass is 285 g/mol. The van der Waals surface area contributed by atoms with Crippen molar-refractivity contribution in [1.82, 2.24) is 14.9 Å². The van der Waals surface area contributed by atoms with Gasteiger partial charge >= 0.3 is 0 Å². The van der Waals surface area contributed by atoms with Gasteiger partial charge in [0.15, 0.2) is 0 Å². The van der Waals surface area contributed by atoms with Gasteiger partial charge in [0.1, 0.15) is 5.82 Å². The van der Waals surface area contributed by atoms with Gasteiger partial charge in [-0.05, 0) is 40.3 Å². The molecule has 0 radical (unpaired) electrons. The van der Waals surface area contributed by atoms with Crippen LogP contribution in [0.15, 0.2) is 29.1 Å². The Kier molecular flexibility index (Phi) is 4.58. The molecule has 21 heavy (non-hydrogen) atoms. The highest BCUT2D eigenvalue weighted by molar-refractivity contribution is 5.30. The summed E-state index contributed by atoms with van der Waals surface area (Å²) in [7, 11) is 1.92. The third-order valence-electron chi connectivity index (χ3n) is 3.69. The van der Waals surface area contributed by atoms with E-state index < -0.39 is 0 Å². The SMILES string of the molecule is CNC(Cn1c(C)nc(C)cc1=O)c1cc(C)cc(C)c1. The third kappa shape index (κ3) is 3.58. The zero-order valence-corrected chi connectivity index (χ0v) is 13.4. The summed E-state index contributed by atoms with van der Waals surface area (Å²) < 4.78 is 1.73. The van der Waals surface area contributed by atoms with Crippen LogP contribution in [0.1, 0.15) is 34.3 Å². The maximum atomic E-state index is 12.2. The molecular formula is C17H23N3O. The van der Waals surface area contributed by atoms with Gasteiger partial charge in [-0.25, -0.2) is 4.98 Å². The lowest BCUT2D eigenvalue weighted by molar-refractivity contribution is 0.476. The van der Waals surface area contributed by atoms with Crippen LogP contribution in [0, 0.1) is 27.7 Å². The lowest BCUT2D eigenvalue weighted by Gasteiger charge is -2.20. The Morgan fingerprint density at radius 3 is 2.24 bits per heavy atom. The van der Waals surface area contributed by atoms with Crippen molar-refractivity contribution in [3.05, 3.63) is 62.8 Å². The first-order chi connectivity index (χ1) is 9.90. The molecule has 1 aromatic carbocycles. The fourth-order valence-electron chi connectivity index (χ4n) is 2.74. The van der Waals surface area contributed by atoms with Crippen LogP contribution in [0.25, 0.3) is 0 Å². The first-order valence-electron chi connectivity index (χ1n) is 7.21. The molecule has 1 aromatic heterocycles. The average Bonchev–Trinajstić information content (AvgIpc) is 2.36. The molecule has 0 aliphatic rings. The maximum Gasteiger partial charge on any atom is 0.253 e. The second-order valence-corrected chi connectivity index (χ2v) is 5.66. The molecule has 4 heteroatoms. The molecule has 2 rings (SSSR count). The van der Waals surface area contributed by atoms with Gasteiger partial charge in [0.05, 0.1) is 6.04 Å². The summed E-state index contributed by atoms with van der Waals surface area (Å²) in [6.07, 6.45) is 0. The number of nitrogens with one attached hydrogen (secondary N) is 1. The molecule has 1 unspecified atom stereocenters. The molecule has 0 fully saturated rings. The minimum atomic E-state index is 0.00428. The number of likely N-dealkylation sites (N-methyl/N-ethyl adjacent to an activating group) is 1. The molecule has 1 heterocycles. The highest BCUT2D eigenvalue weighted by Gasteiger charge is 2.13. The Balaban J connectivity index is 2.38. The average molecular weight is 285 g/mol. The fraction of sp³-hybridized carbons (Fsp3) is 0.412. The first kappa shape index (κ1) is 15.4. The van der Waals surface area contributed by atoms with Gasteiger partial charge in [-0.1, -0.05) is 29.3 Å². The van der Waals surface area contributed by atoms with Crippen molar-refractivity contribution in [2.75, 3.05) is 7.05 Å². The Labute approximate surface area is 125 Å².